The van der Waals surface area contributed by atoms with Crippen molar-refractivity contribution in [3.8, 4) is 11.5 Å². The molecule has 1 N–H and O–H groups in total. The highest BCUT2D eigenvalue weighted by molar-refractivity contribution is 5.98. The highest BCUT2D eigenvalue weighted by atomic mass is 19.1. The van der Waals surface area contributed by atoms with E-state index in [9.17, 15) is 13.6 Å². The van der Waals surface area contributed by atoms with Crippen LogP contribution in [0.4, 0.5) is 14.6 Å². The van der Waals surface area contributed by atoms with Crippen LogP contribution in [0, 0.1) is 11.6 Å². The molecule has 0 spiro atoms. The fourth-order valence-corrected chi connectivity index (χ4v) is 2.96. The van der Waals surface area contributed by atoms with Crippen molar-refractivity contribution in [1.82, 2.24) is 10.3 Å². The van der Waals surface area contributed by atoms with Crippen molar-refractivity contribution in [2.75, 3.05) is 45.4 Å². The molecule has 1 aliphatic heterocycles. The fraction of sp³-hybridized carbons (Fsp3) is 0.368. The van der Waals surface area contributed by atoms with E-state index in [4.69, 9.17) is 14.2 Å². The Bertz CT molecular complexity index is 857. The zero-order valence-corrected chi connectivity index (χ0v) is 15.6. The van der Waals surface area contributed by atoms with Gasteiger partial charge in [0.1, 0.15) is 11.4 Å². The van der Waals surface area contributed by atoms with Gasteiger partial charge in [0.25, 0.3) is 5.91 Å². The molecule has 2 heterocycles. The lowest BCUT2D eigenvalue weighted by atomic mass is 10.1. The van der Waals surface area contributed by atoms with Crippen LogP contribution in [0.3, 0.4) is 0 Å². The molecular formula is C19H21F2N3O4. The van der Waals surface area contributed by atoms with E-state index in [0.717, 1.165) is 6.07 Å². The van der Waals surface area contributed by atoms with E-state index in [1.807, 2.05) is 0 Å². The number of hydrogen-bond donors (Lipinski definition) is 1. The molecule has 3 rings (SSSR count). The molecule has 0 radical (unpaired) electrons. The third kappa shape index (κ3) is 4.14. The number of methoxy groups -OCH3 is 2. The van der Waals surface area contributed by atoms with Crippen LogP contribution in [0.25, 0.3) is 0 Å². The summed E-state index contributed by atoms with van der Waals surface area (Å²) < 4.78 is 44.0. The number of nitrogens with zero attached hydrogens (tertiary/aromatic N) is 2. The number of rotatable bonds is 6. The molecule has 1 aromatic carbocycles. The van der Waals surface area contributed by atoms with Gasteiger partial charge in [0.2, 0.25) is 0 Å². The largest absolute Gasteiger partial charge is 0.493 e. The number of pyridine rings is 1. The van der Waals surface area contributed by atoms with Crippen LogP contribution >= 0.6 is 0 Å². The Hall–Kier alpha value is -2.94. The number of aromatic nitrogens is 1. The molecule has 0 bridgehead atoms. The number of benzene rings is 1. The molecule has 7 nitrogen and oxygen atoms in total. The monoisotopic (exact) mass is 393 g/mol. The SMILES string of the molecule is COc1ccc(F)c(C(=O)NCc2cnc(N3CCOCC3)c(F)c2)c1OC. The van der Waals surface area contributed by atoms with Gasteiger partial charge in [-0.3, -0.25) is 4.79 Å². The molecule has 0 unspecified atom stereocenters. The minimum Gasteiger partial charge on any atom is -0.493 e. The summed E-state index contributed by atoms with van der Waals surface area (Å²) in [5.41, 5.74) is 0.172. The Balaban J connectivity index is 1.72. The second kappa shape index (κ2) is 8.83. The minimum atomic E-state index is -0.748. The van der Waals surface area contributed by atoms with Gasteiger partial charge in [-0.1, -0.05) is 0 Å². The fourth-order valence-electron chi connectivity index (χ4n) is 2.96. The van der Waals surface area contributed by atoms with E-state index < -0.39 is 17.5 Å². The second-order valence-corrected chi connectivity index (χ2v) is 6.09. The number of ether oxygens (including phenoxy) is 3. The molecule has 0 aliphatic carbocycles. The van der Waals surface area contributed by atoms with Gasteiger partial charge in [-0.2, -0.15) is 0 Å². The molecule has 2 aromatic rings. The summed E-state index contributed by atoms with van der Waals surface area (Å²) in [4.78, 5) is 18.4. The number of hydrogen-bond acceptors (Lipinski definition) is 6. The van der Waals surface area contributed by atoms with Crippen LogP contribution in [-0.2, 0) is 11.3 Å². The Morgan fingerprint density at radius 1 is 1.21 bits per heavy atom. The summed E-state index contributed by atoms with van der Waals surface area (Å²) in [5, 5.41) is 2.55. The number of carbonyl (C=O) groups is 1. The van der Waals surface area contributed by atoms with Crippen LogP contribution in [0.1, 0.15) is 15.9 Å². The summed E-state index contributed by atoms with van der Waals surface area (Å²) in [6.45, 7) is 2.15. The average molecular weight is 393 g/mol. The highest BCUT2D eigenvalue weighted by Gasteiger charge is 2.22. The lowest BCUT2D eigenvalue weighted by Gasteiger charge is -2.28. The number of carbonyl (C=O) groups excluding carboxylic acids is 1. The first kappa shape index (κ1) is 19.8. The molecule has 1 amide bonds. The minimum absolute atomic E-state index is 0.00743. The van der Waals surface area contributed by atoms with E-state index in [1.54, 1.807) is 4.90 Å². The normalized spacial score (nSPS) is 13.9. The van der Waals surface area contributed by atoms with Crippen molar-refractivity contribution in [2.45, 2.75) is 6.54 Å². The first-order valence-electron chi connectivity index (χ1n) is 8.71. The summed E-state index contributed by atoms with van der Waals surface area (Å²) in [5.74, 6) is -1.46. The standard InChI is InChI=1S/C19H21F2N3O4/c1-26-15-4-3-13(20)16(17(15)27-2)19(25)23-11-12-9-14(21)18(22-10-12)24-5-7-28-8-6-24/h3-4,9-10H,5-8,11H2,1-2H3,(H,23,25). The first-order chi connectivity index (χ1) is 13.5. The molecule has 1 fully saturated rings. The van der Waals surface area contributed by atoms with E-state index in [-0.39, 0.29) is 29.4 Å². The quantitative estimate of drug-likeness (QED) is 0.811. The summed E-state index contributed by atoms with van der Waals surface area (Å²) in [7, 11) is 2.71. The summed E-state index contributed by atoms with van der Waals surface area (Å²) >= 11 is 0. The predicted molar refractivity (Wildman–Crippen MR) is 97.9 cm³/mol. The number of nitrogens with one attached hydrogen (secondary N) is 1. The maximum atomic E-state index is 14.4. The maximum Gasteiger partial charge on any atom is 0.258 e. The maximum absolute atomic E-state index is 14.4. The number of morpholine rings is 1. The number of amides is 1. The molecule has 0 saturated carbocycles. The molecule has 0 atom stereocenters. The van der Waals surface area contributed by atoms with Crippen molar-refractivity contribution in [3.05, 3.63) is 47.2 Å². The van der Waals surface area contributed by atoms with Gasteiger partial charge in [-0.15, -0.1) is 0 Å². The summed E-state index contributed by atoms with van der Waals surface area (Å²) in [6.07, 6.45) is 1.48. The van der Waals surface area contributed by atoms with Crippen molar-refractivity contribution < 1.29 is 27.8 Å². The average Bonchev–Trinajstić information content (AvgIpc) is 2.72. The van der Waals surface area contributed by atoms with Crippen LogP contribution in [0.15, 0.2) is 24.4 Å². The van der Waals surface area contributed by atoms with Crippen molar-refractivity contribution >= 4 is 11.7 Å². The van der Waals surface area contributed by atoms with Crippen LogP contribution in [0.5, 0.6) is 11.5 Å². The third-order valence-electron chi connectivity index (χ3n) is 4.36. The molecule has 9 heteroatoms. The summed E-state index contributed by atoms with van der Waals surface area (Å²) in [6, 6.07) is 3.79. The van der Waals surface area contributed by atoms with Crippen LogP contribution in [0.2, 0.25) is 0 Å². The van der Waals surface area contributed by atoms with Crippen LogP contribution in [-0.4, -0.2) is 51.4 Å². The lowest BCUT2D eigenvalue weighted by molar-refractivity contribution is 0.0942. The molecule has 150 valence electrons. The molecule has 28 heavy (non-hydrogen) atoms. The zero-order valence-electron chi connectivity index (χ0n) is 15.6. The number of anilines is 1. The first-order valence-corrected chi connectivity index (χ1v) is 8.71. The van der Waals surface area contributed by atoms with Gasteiger partial charge in [0.15, 0.2) is 23.1 Å². The number of halogens is 2. The Morgan fingerprint density at radius 3 is 2.61 bits per heavy atom. The van der Waals surface area contributed by atoms with E-state index in [1.165, 1.54) is 32.5 Å². The molecule has 1 aliphatic rings. The Kier molecular flexibility index (Phi) is 6.25. The smallest absolute Gasteiger partial charge is 0.258 e. The van der Waals surface area contributed by atoms with E-state index >= 15 is 0 Å². The predicted octanol–water partition coefficient (Wildman–Crippen LogP) is 2.14. The zero-order chi connectivity index (χ0) is 20.1. The molecular weight excluding hydrogens is 372 g/mol. The van der Waals surface area contributed by atoms with Gasteiger partial charge in [0.05, 0.1) is 27.4 Å². The van der Waals surface area contributed by atoms with Gasteiger partial charge < -0.3 is 24.4 Å². The van der Waals surface area contributed by atoms with Crippen molar-refractivity contribution in [3.63, 3.8) is 0 Å². The van der Waals surface area contributed by atoms with Gasteiger partial charge in [0, 0.05) is 25.8 Å². The second-order valence-electron chi connectivity index (χ2n) is 6.09. The molecule has 1 aromatic heterocycles. The van der Waals surface area contributed by atoms with Gasteiger partial charge >= 0.3 is 0 Å². The van der Waals surface area contributed by atoms with Gasteiger partial charge in [-0.25, -0.2) is 13.8 Å². The Labute approximate surface area is 161 Å². The topological polar surface area (TPSA) is 72.9 Å². The van der Waals surface area contributed by atoms with Crippen molar-refractivity contribution in [2.24, 2.45) is 0 Å². The lowest BCUT2D eigenvalue weighted by Crippen LogP contribution is -2.37. The van der Waals surface area contributed by atoms with Crippen molar-refractivity contribution in [1.29, 1.82) is 0 Å². The van der Waals surface area contributed by atoms with E-state index in [2.05, 4.69) is 10.3 Å². The van der Waals surface area contributed by atoms with E-state index in [0.29, 0.717) is 31.9 Å². The van der Waals surface area contributed by atoms with Gasteiger partial charge in [-0.05, 0) is 23.8 Å². The van der Waals surface area contributed by atoms with Crippen LogP contribution < -0.4 is 19.7 Å². The third-order valence-corrected chi connectivity index (χ3v) is 4.36. The highest BCUT2D eigenvalue weighted by Crippen LogP contribution is 2.32. The Morgan fingerprint density at radius 2 is 1.96 bits per heavy atom. The molecule has 1 saturated heterocycles.